The molecule has 1 aliphatic heterocycles. The molecule has 0 fully saturated rings. The van der Waals surface area contributed by atoms with Crippen molar-refractivity contribution in [2.75, 3.05) is 17.7 Å². The second-order valence-corrected chi connectivity index (χ2v) is 10.4. The van der Waals surface area contributed by atoms with E-state index in [1.807, 2.05) is 42.5 Å². The Labute approximate surface area is 226 Å². The third-order valence-corrected chi connectivity index (χ3v) is 7.92. The number of hydrogen-bond donors (Lipinski definition) is 4. The summed E-state index contributed by atoms with van der Waals surface area (Å²) in [5, 5.41) is 5.54. The molecule has 3 aromatic rings. The van der Waals surface area contributed by atoms with Gasteiger partial charge in [0.25, 0.3) is 0 Å². The van der Waals surface area contributed by atoms with Crippen molar-refractivity contribution in [2.24, 2.45) is 22.8 Å². The maximum absolute atomic E-state index is 13.8. The number of para-hydroxylation sites is 1. The lowest BCUT2D eigenvalue weighted by Crippen LogP contribution is -2.64. The third kappa shape index (κ3) is 5.49. The van der Waals surface area contributed by atoms with Gasteiger partial charge in [0.1, 0.15) is 5.82 Å². The lowest BCUT2D eigenvalue weighted by molar-refractivity contribution is -0.142. The Bertz CT molecular complexity index is 1410. The lowest BCUT2D eigenvalue weighted by atomic mass is 9.60. The predicted octanol–water partition coefficient (Wildman–Crippen LogP) is 4.62. The first kappa shape index (κ1) is 27.8. The summed E-state index contributed by atoms with van der Waals surface area (Å²) < 4.78 is 18.5. The number of fused-ring (bicyclic) bond motifs is 1. The SMILES string of the molecule is COC(=O)Nc1ccccc1-c1ccc(C[C@@](C)(N)C(C)(C(N)=O)C2CCc3cc(F)ccc3NC2=O)cc1. The topological polar surface area (TPSA) is 137 Å². The summed E-state index contributed by atoms with van der Waals surface area (Å²) in [7, 11) is 1.30. The number of primary amides is 1. The number of amides is 3. The molecule has 3 aromatic carbocycles. The second kappa shape index (κ2) is 10.9. The van der Waals surface area contributed by atoms with Crippen molar-refractivity contribution in [3.63, 3.8) is 0 Å². The van der Waals surface area contributed by atoms with Gasteiger partial charge in [0.2, 0.25) is 11.8 Å². The molecule has 3 amide bonds. The number of halogens is 1. The number of aryl methyl sites for hydroxylation is 1. The van der Waals surface area contributed by atoms with Gasteiger partial charge in [-0.2, -0.15) is 0 Å². The molecule has 2 unspecified atom stereocenters. The van der Waals surface area contributed by atoms with Gasteiger partial charge in [0, 0.05) is 16.8 Å². The number of carbonyl (C=O) groups is 3. The summed E-state index contributed by atoms with van der Waals surface area (Å²) in [5.74, 6) is -2.27. The van der Waals surface area contributed by atoms with Crippen molar-refractivity contribution in [3.05, 3.63) is 83.7 Å². The van der Waals surface area contributed by atoms with Crippen molar-refractivity contribution >= 4 is 29.3 Å². The molecule has 0 spiro atoms. The highest BCUT2D eigenvalue weighted by atomic mass is 19.1. The molecular formula is C30H33FN4O4. The van der Waals surface area contributed by atoms with Gasteiger partial charge in [-0.25, -0.2) is 9.18 Å². The maximum Gasteiger partial charge on any atom is 0.411 e. The van der Waals surface area contributed by atoms with E-state index in [-0.39, 0.29) is 18.7 Å². The smallest absolute Gasteiger partial charge is 0.411 e. The Kier molecular flexibility index (Phi) is 7.74. The third-order valence-electron chi connectivity index (χ3n) is 7.92. The van der Waals surface area contributed by atoms with Crippen LogP contribution in [0.5, 0.6) is 0 Å². The fourth-order valence-electron chi connectivity index (χ4n) is 5.36. The fourth-order valence-corrected chi connectivity index (χ4v) is 5.36. The van der Waals surface area contributed by atoms with Crippen LogP contribution in [0.3, 0.4) is 0 Å². The number of benzene rings is 3. The molecule has 39 heavy (non-hydrogen) atoms. The van der Waals surface area contributed by atoms with Crippen LogP contribution in [-0.2, 0) is 27.2 Å². The van der Waals surface area contributed by atoms with Crippen LogP contribution >= 0.6 is 0 Å². The van der Waals surface area contributed by atoms with Gasteiger partial charge in [-0.1, -0.05) is 42.5 Å². The van der Waals surface area contributed by atoms with Crippen LogP contribution in [-0.4, -0.2) is 30.6 Å². The highest BCUT2D eigenvalue weighted by Crippen LogP contribution is 2.44. The van der Waals surface area contributed by atoms with E-state index >= 15 is 0 Å². The van der Waals surface area contributed by atoms with Crippen molar-refractivity contribution in [1.29, 1.82) is 0 Å². The molecule has 3 atom stereocenters. The normalized spacial score (nSPS) is 18.0. The van der Waals surface area contributed by atoms with E-state index in [4.69, 9.17) is 16.2 Å². The van der Waals surface area contributed by atoms with E-state index < -0.39 is 34.7 Å². The van der Waals surface area contributed by atoms with Gasteiger partial charge in [0.15, 0.2) is 0 Å². The van der Waals surface area contributed by atoms with E-state index in [2.05, 4.69) is 10.6 Å². The van der Waals surface area contributed by atoms with Crippen LogP contribution in [0.4, 0.5) is 20.6 Å². The Morgan fingerprint density at radius 3 is 2.46 bits per heavy atom. The molecule has 1 aliphatic rings. The number of methoxy groups -OCH3 is 1. The number of rotatable bonds is 7. The predicted molar refractivity (Wildman–Crippen MR) is 148 cm³/mol. The summed E-state index contributed by atoms with van der Waals surface area (Å²) in [6, 6.07) is 19.1. The summed E-state index contributed by atoms with van der Waals surface area (Å²) >= 11 is 0. The van der Waals surface area contributed by atoms with Gasteiger partial charge >= 0.3 is 6.09 Å². The number of nitrogens with one attached hydrogen (secondary N) is 2. The van der Waals surface area contributed by atoms with Crippen molar-refractivity contribution in [1.82, 2.24) is 0 Å². The van der Waals surface area contributed by atoms with Crippen molar-refractivity contribution in [3.8, 4) is 11.1 Å². The molecular weight excluding hydrogens is 499 g/mol. The fraction of sp³-hybridized carbons (Fsp3) is 0.300. The minimum Gasteiger partial charge on any atom is -0.453 e. The first-order valence-electron chi connectivity index (χ1n) is 12.7. The van der Waals surface area contributed by atoms with Gasteiger partial charge in [0.05, 0.1) is 24.1 Å². The van der Waals surface area contributed by atoms with Crippen molar-refractivity contribution < 1.29 is 23.5 Å². The minimum absolute atomic E-state index is 0.264. The molecule has 0 saturated carbocycles. The first-order chi connectivity index (χ1) is 18.5. The number of carbonyl (C=O) groups excluding carboxylic acids is 3. The summed E-state index contributed by atoms with van der Waals surface area (Å²) in [6.45, 7) is 3.37. The highest BCUT2D eigenvalue weighted by Gasteiger charge is 2.54. The molecule has 0 aromatic heterocycles. The van der Waals surface area contributed by atoms with Crippen LogP contribution in [0.15, 0.2) is 66.7 Å². The zero-order chi connectivity index (χ0) is 28.4. The van der Waals surface area contributed by atoms with E-state index in [9.17, 15) is 18.8 Å². The standard InChI is InChI=1S/C30H33FN4O4/c1-29(33,17-18-8-10-19(11-9-18)22-6-4-5-7-25(22)35-28(38)39-3)30(2,27(32)37)23-14-12-20-16-21(31)13-15-24(20)34-26(23)36/h4-11,13,15-16,23H,12,14,17,33H2,1-3H3,(H2,32,37)(H,34,36)(H,35,38)/t23?,29-,30?/m1/s1. The average molecular weight is 533 g/mol. The molecule has 9 heteroatoms. The molecule has 8 nitrogen and oxygen atoms in total. The molecule has 0 saturated heterocycles. The number of ether oxygens (including phenoxy) is 1. The van der Waals surface area contributed by atoms with Crippen LogP contribution in [0.25, 0.3) is 11.1 Å². The molecule has 204 valence electrons. The Balaban J connectivity index is 1.59. The van der Waals surface area contributed by atoms with Gasteiger partial charge in [-0.15, -0.1) is 0 Å². The van der Waals surface area contributed by atoms with E-state index in [1.165, 1.54) is 25.3 Å². The van der Waals surface area contributed by atoms with Gasteiger partial charge in [-0.05, 0) is 74.1 Å². The number of anilines is 2. The molecule has 6 N–H and O–H groups in total. The molecule has 0 aliphatic carbocycles. The Morgan fingerprint density at radius 2 is 1.79 bits per heavy atom. The van der Waals surface area contributed by atoms with E-state index in [0.29, 0.717) is 23.4 Å². The van der Waals surface area contributed by atoms with Crippen LogP contribution < -0.4 is 22.1 Å². The molecule has 0 bridgehead atoms. The maximum atomic E-state index is 13.8. The molecule has 4 rings (SSSR count). The molecule has 1 heterocycles. The first-order valence-corrected chi connectivity index (χ1v) is 12.7. The lowest BCUT2D eigenvalue weighted by Gasteiger charge is -2.46. The average Bonchev–Trinajstić information content (AvgIpc) is 3.06. The largest absolute Gasteiger partial charge is 0.453 e. The van der Waals surface area contributed by atoms with Crippen LogP contribution in [0.2, 0.25) is 0 Å². The van der Waals surface area contributed by atoms with Crippen LogP contribution in [0.1, 0.15) is 31.4 Å². The molecule has 0 radical (unpaired) electrons. The zero-order valence-electron chi connectivity index (χ0n) is 22.2. The van der Waals surface area contributed by atoms with Crippen molar-refractivity contribution in [2.45, 2.75) is 38.6 Å². The summed E-state index contributed by atoms with van der Waals surface area (Å²) in [5.41, 5.74) is 14.5. The number of hydrogen-bond acceptors (Lipinski definition) is 5. The van der Waals surface area contributed by atoms with Crippen LogP contribution in [0, 0.1) is 17.2 Å². The number of nitrogens with two attached hydrogens (primary N) is 2. The quantitative estimate of drug-likeness (QED) is 0.352. The monoisotopic (exact) mass is 532 g/mol. The summed E-state index contributed by atoms with van der Waals surface area (Å²) in [6.07, 6.45) is 0.375. The van der Waals surface area contributed by atoms with Gasteiger partial charge < -0.3 is 21.5 Å². The Morgan fingerprint density at radius 1 is 1.10 bits per heavy atom. The summed E-state index contributed by atoms with van der Waals surface area (Å²) in [4.78, 5) is 38.1. The zero-order valence-corrected chi connectivity index (χ0v) is 22.2. The Hall–Kier alpha value is -4.24. The van der Waals surface area contributed by atoms with Gasteiger partial charge in [-0.3, -0.25) is 14.9 Å². The minimum atomic E-state index is -1.41. The van der Waals surface area contributed by atoms with E-state index in [0.717, 1.165) is 16.7 Å². The second-order valence-electron chi connectivity index (χ2n) is 10.4. The van der Waals surface area contributed by atoms with E-state index in [1.54, 1.807) is 19.9 Å². The highest BCUT2D eigenvalue weighted by molar-refractivity contribution is 5.99.